The highest BCUT2D eigenvalue weighted by atomic mass is 79.9. The van der Waals surface area contributed by atoms with Crippen molar-refractivity contribution < 1.29 is 19.1 Å². The van der Waals surface area contributed by atoms with E-state index in [1.807, 2.05) is 0 Å². The molecule has 1 amide bonds. The van der Waals surface area contributed by atoms with Crippen LogP contribution in [0.4, 0.5) is 0 Å². The monoisotopic (exact) mass is 289 g/mol. The first-order chi connectivity index (χ1) is 7.63. The highest BCUT2D eigenvalue weighted by Crippen LogP contribution is 2.33. The zero-order valence-electron chi connectivity index (χ0n) is 9.17. The Balaban J connectivity index is 3.22. The van der Waals surface area contributed by atoms with Gasteiger partial charge in [0.05, 0.1) is 31.4 Å². The third-order valence-electron chi connectivity index (χ3n) is 1.90. The van der Waals surface area contributed by atoms with Crippen LogP contribution in [0.2, 0.25) is 0 Å². The summed E-state index contributed by atoms with van der Waals surface area (Å²) >= 11 is 3.29. The molecular formula is C10H12BrNO4. The van der Waals surface area contributed by atoms with Crippen molar-refractivity contribution in [1.82, 2.24) is 5.48 Å². The lowest BCUT2D eigenvalue weighted by atomic mass is 10.2. The minimum atomic E-state index is -0.404. The Kier molecular flexibility index (Phi) is 4.57. The second kappa shape index (κ2) is 5.72. The number of nitrogens with one attached hydrogen (secondary N) is 1. The van der Waals surface area contributed by atoms with Gasteiger partial charge in [0.1, 0.15) is 11.5 Å². The fourth-order valence-corrected chi connectivity index (χ4v) is 1.81. The maximum Gasteiger partial charge on any atom is 0.278 e. The first-order valence-corrected chi connectivity index (χ1v) is 5.18. The number of amides is 1. The van der Waals surface area contributed by atoms with Crippen LogP contribution in [0.15, 0.2) is 16.6 Å². The van der Waals surface area contributed by atoms with E-state index in [1.165, 1.54) is 21.3 Å². The van der Waals surface area contributed by atoms with Gasteiger partial charge in [-0.15, -0.1) is 0 Å². The van der Waals surface area contributed by atoms with Gasteiger partial charge in [-0.1, -0.05) is 0 Å². The van der Waals surface area contributed by atoms with Crippen molar-refractivity contribution in [2.75, 3.05) is 21.3 Å². The Bertz CT molecular complexity index is 395. The van der Waals surface area contributed by atoms with Crippen LogP contribution in [0.5, 0.6) is 11.5 Å². The Morgan fingerprint density at radius 2 is 1.94 bits per heavy atom. The number of hydrogen-bond donors (Lipinski definition) is 1. The average Bonchev–Trinajstić information content (AvgIpc) is 2.28. The molecular weight excluding hydrogens is 278 g/mol. The lowest BCUT2D eigenvalue weighted by Gasteiger charge is -2.11. The molecule has 1 N–H and O–H groups in total. The molecule has 0 atom stereocenters. The molecule has 1 aromatic rings. The third-order valence-corrected chi connectivity index (χ3v) is 2.49. The van der Waals surface area contributed by atoms with Gasteiger partial charge in [-0.05, 0) is 28.1 Å². The van der Waals surface area contributed by atoms with Crippen molar-refractivity contribution in [2.24, 2.45) is 0 Å². The first kappa shape index (κ1) is 12.8. The Hall–Kier alpha value is -1.27. The van der Waals surface area contributed by atoms with E-state index in [2.05, 4.69) is 26.2 Å². The summed E-state index contributed by atoms with van der Waals surface area (Å²) in [5, 5.41) is 0. The van der Waals surface area contributed by atoms with Crippen LogP contribution in [0.25, 0.3) is 0 Å². The second-order valence-corrected chi connectivity index (χ2v) is 3.68. The smallest absolute Gasteiger partial charge is 0.278 e. The maximum atomic E-state index is 11.7. The van der Waals surface area contributed by atoms with Crippen molar-refractivity contribution in [2.45, 2.75) is 0 Å². The molecule has 0 aromatic heterocycles. The SMILES string of the molecule is CONC(=O)c1cc(OC)cc(Br)c1OC. The Morgan fingerprint density at radius 1 is 1.25 bits per heavy atom. The molecule has 16 heavy (non-hydrogen) atoms. The zero-order chi connectivity index (χ0) is 12.1. The van der Waals surface area contributed by atoms with E-state index in [0.717, 1.165) is 0 Å². The summed E-state index contributed by atoms with van der Waals surface area (Å²) in [5.41, 5.74) is 2.55. The van der Waals surface area contributed by atoms with Gasteiger partial charge in [-0.25, -0.2) is 5.48 Å². The highest BCUT2D eigenvalue weighted by Gasteiger charge is 2.16. The van der Waals surface area contributed by atoms with Crippen LogP contribution in [0.1, 0.15) is 10.4 Å². The third kappa shape index (κ3) is 2.65. The predicted octanol–water partition coefficient (Wildman–Crippen LogP) is 1.76. The van der Waals surface area contributed by atoms with Gasteiger partial charge in [0.25, 0.3) is 5.91 Å². The summed E-state index contributed by atoms with van der Waals surface area (Å²) in [6, 6.07) is 3.28. The van der Waals surface area contributed by atoms with Gasteiger partial charge >= 0.3 is 0 Å². The molecule has 6 heteroatoms. The molecule has 0 radical (unpaired) electrons. The molecule has 1 aromatic carbocycles. The molecule has 1 rings (SSSR count). The number of rotatable bonds is 4. The number of benzene rings is 1. The average molecular weight is 290 g/mol. The molecule has 0 aliphatic heterocycles. The molecule has 0 spiro atoms. The van der Waals surface area contributed by atoms with E-state index < -0.39 is 5.91 Å². The number of hydroxylamine groups is 1. The topological polar surface area (TPSA) is 56.8 Å². The summed E-state index contributed by atoms with van der Waals surface area (Å²) in [6.07, 6.45) is 0. The molecule has 0 aliphatic carbocycles. The molecule has 0 saturated heterocycles. The van der Waals surface area contributed by atoms with Crippen LogP contribution < -0.4 is 15.0 Å². The quantitative estimate of drug-likeness (QED) is 0.858. The Labute approximate surface area is 102 Å². The minimum absolute atomic E-state index is 0.329. The molecule has 5 nitrogen and oxygen atoms in total. The van der Waals surface area contributed by atoms with Gasteiger partial charge in [-0.2, -0.15) is 0 Å². The molecule has 0 saturated carbocycles. The highest BCUT2D eigenvalue weighted by molar-refractivity contribution is 9.10. The van der Waals surface area contributed by atoms with E-state index in [9.17, 15) is 4.79 Å². The van der Waals surface area contributed by atoms with E-state index in [4.69, 9.17) is 9.47 Å². The van der Waals surface area contributed by atoms with Crippen molar-refractivity contribution in [3.8, 4) is 11.5 Å². The summed E-state index contributed by atoms with van der Waals surface area (Å²) in [6.45, 7) is 0. The van der Waals surface area contributed by atoms with E-state index in [-0.39, 0.29) is 0 Å². The van der Waals surface area contributed by atoms with Gasteiger partial charge in [0.2, 0.25) is 0 Å². The van der Waals surface area contributed by atoms with Gasteiger partial charge in [0, 0.05) is 0 Å². The van der Waals surface area contributed by atoms with Gasteiger partial charge in [0.15, 0.2) is 0 Å². The first-order valence-electron chi connectivity index (χ1n) is 4.38. The van der Waals surface area contributed by atoms with Crippen molar-refractivity contribution in [3.05, 3.63) is 22.2 Å². The van der Waals surface area contributed by atoms with E-state index in [0.29, 0.717) is 21.5 Å². The number of carbonyl (C=O) groups excluding carboxylic acids is 1. The van der Waals surface area contributed by atoms with Crippen LogP contribution >= 0.6 is 15.9 Å². The summed E-state index contributed by atoms with van der Waals surface area (Å²) in [7, 11) is 4.36. The van der Waals surface area contributed by atoms with E-state index >= 15 is 0 Å². The zero-order valence-corrected chi connectivity index (χ0v) is 10.8. The number of halogens is 1. The minimum Gasteiger partial charge on any atom is -0.497 e. The standard InChI is InChI=1S/C10H12BrNO4/c1-14-6-4-7(10(13)12-16-3)9(15-2)8(11)5-6/h4-5H,1-3H3,(H,12,13). The molecule has 0 bridgehead atoms. The van der Waals surface area contributed by atoms with Crippen LogP contribution in [-0.2, 0) is 4.84 Å². The van der Waals surface area contributed by atoms with E-state index in [1.54, 1.807) is 12.1 Å². The normalized spacial score (nSPS) is 9.75. The summed E-state index contributed by atoms with van der Waals surface area (Å²) in [5.74, 6) is 0.572. The maximum absolute atomic E-state index is 11.7. The fraction of sp³-hybridized carbons (Fsp3) is 0.300. The fourth-order valence-electron chi connectivity index (χ4n) is 1.21. The van der Waals surface area contributed by atoms with Crippen molar-refractivity contribution >= 4 is 21.8 Å². The van der Waals surface area contributed by atoms with Crippen LogP contribution in [0.3, 0.4) is 0 Å². The van der Waals surface area contributed by atoms with Crippen molar-refractivity contribution in [1.29, 1.82) is 0 Å². The van der Waals surface area contributed by atoms with Gasteiger partial charge < -0.3 is 9.47 Å². The summed E-state index contributed by atoms with van der Waals surface area (Å²) < 4.78 is 10.8. The summed E-state index contributed by atoms with van der Waals surface area (Å²) in [4.78, 5) is 16.2. The van der Waals surface area contributed by atoms with Crippen molar-refractivity contribution in [3.63, 3.8) is 0 Å². The number of hydrogen-bond acceptors (Lipinski definition) is 4. The van der Waals surface area contributed by atoms with Gasteiger partial charge in [-0.3, -0.25) is 9.63 Å². The lowest BCUT2D eigenvalue weighted by molar-refractivity contribution is 0.0534. The second-order valence-electron chi connectivity index (χ2n) is 2.83. The Morgan fingerprint density at radius 3 is 2.44 bits per heavy atom. The molecule has 0 fully saturated rings. The molecule has 0 heterocycles. The molecule has 0 unspecified atom stereocenters. The number of ether oxygens (including phenoxy) is 2. The number of carbonyl (C=O) groups is 1. The number of methoxy groups -OCH3 is 2. The van der Waals surface area contributed by atoms with Crippen LogP contribution in [0, 0.1) is 0 Å². The molecule has 0 aliphatic rings. The largest absolute Gasteiger partial charge is 0.497 e. The molecule has 88 valence electrons. The lowest BCUT2D eigenvalue weighted by Crippen LogP contribution is -2.22. The predicted molar refractivity (Wildman–Crippen MR) is 61.7 cm³/mol. The van der Waals surface area contributed by atoms with Crippen LogP contribution in [-0.4, -0.2) is 27.2 Å².